The fourth-order valence-corrected chi connectivity index (χ4v) is 1.64. The second-order valence-electron chi connectivity index (χ2n) is 3.73. The summed E-state index contributed by atoms with van der Waals surface area (Å²) in [5.74, 6) is -1.72. The molecule has 1 aromatic rings. The number of rotatable bonds is 2. The lowest BCUT2D eigenvalue weighted by atomic mass is 10.2. The van der Waals surface area contributed by atoms with Gasteiger partial charge in [-0.15, -0.1) is 0 Å². The van der Waals surface area contributed by atoms with Gasteiger partial charge in [0, 0.05) is 19.7 Å². The van der Waals surface area contributed by atoms with Gasteiger partial charge in [-0.3, -0.25) is 4.79 Å². The summed E-state index contributed by atoms with van der Waals surface area (Å²) >= 11 is 0. The van der Waals surface area contributed by atoms with Gasteiger partial charge in [-0.2, -0.15) is 0 Å². The molecule has 1 saturated heterocycles. The summed E-state index contributed by atoms with van der Waals surface area (Å²) in [6, 6.07) is 0.260. The third-order valence-electron chi connectivity index (χ3n) is 2.55. The van der Waals surface area contributed by atoms with Crippen molar-refractivity contribution >= 4 is 11.7 Å². The number of carbonyl (C=O) groups is 1. The number of amides is 1. The third kappa shape index (κ3) is 1.95. The highest BCUT2D eigenvalue weighted by Crippen LogP contribution is 2.17. The molecule has 0 radical (unpaired) electrons. The molecular weight excluding hydrogens is 216 g/mol. The Morgan fingerprint density at radius 2 is 2.31 bits per heavy atom. The van der Waals surface area contributed by atoms with Crippen molar-refractivity contribution in [2.45, 2.75) is 12.5 Å². The highest BCUT2D eigenvalue weighted by atomic mass is 19.1. The Kier molecular flexibility index (Phi) is 2.72. The van der Waals surface area contributed by atoms with Crippen molar-refractivity contribution in [3.8, 4) is 0 Å². The Morgan fingerprint density at radius 1 is 1.56 bits per heavy atom. The molecular formula is C10H11F2N3O. The molecule has 2 rings (SSSR count). The van der Waals surface area contributed by atoms with Crippen molar-refractivity contribution in [3.63, 3.8) is 0 Å². The molecule has 1 unspecified atom stereocenters. The minimum atomic E-state index is -0.789. The van der Waals surface area contributed by atoms with Crippen LogP contribution < -0.4 is 5.32 Å². The standard InChI is InChI=1S/C10H11F2N3O/c1-15-3-2-8(10(15)16)14-9-7(12)4-6(11)5-13-9/h4-5,8H,2-3H2,1H3,(H,13,14). The summed E-state index contributed by atoms with van der Waals surface area (Å²) < 4.78 is 25.8. The fraction of sp³-hybridized carbons (Fsp3) is 0.400. The lowest BCUT2D eigenvalue weighted by molar-refractivity contribution is -0.127. The summed E-state index contributed by atoms with van der Waals surface area (Å²) in [5.41, 5.74) is 0. The summed E-state index contributed by atoms with van der Waals surface area (Å²) in [4.78, 5) is 16.7. The van der Waals surface area contributed by atoms with Crippen LogP contribution in [0.5, 0.6) is 0 Å². The van der Waals surface area contributed by atoms with E-state index >= 15 is 0 Å². The summed E-state index contributed by atoms with van der Waals surface area (Å²) in [5, 5.41) is 2.67. The van der Waals surface area contributed by atoms with E-state index in [4.69, 9.17) is 0 Å². The number of hydrogen-bond acceptors (Lipinski definition) is 3. The first kappa shape index (κ1) is 10.8. The van der Waals surface area contributed by atoms with E-state index < -0.39 is 17.7 Å². The van der Waals surface area contributed by atoms with Gasteiger partial charge in [-0.05, 0) is 6.42 Å². The molecule has 1 fully saturated rings. The molecule has 2 heterocycles. The number of carbonyl (C=O) groups excluding carboxylic acids is 1. The van der Waals surface area contributed by atoms with Gasteiger partial charge in [0.25, 0.3) is 0 Å². The van der Waals surface area contributed by atoms with Crippen LogP contribution in [-0.2, 0) is 4.79 Å². The number of nitrogens with zero attached hydrogens (tertiary/aromatic N) is 2. The minimum absolute atomic E-state index is 0.0879. The average molecular weight is 227 g/mol. The Labute approximate surface area is 91.3 Å². The van der Waals surface area contributed by atoms with Crippen LogP contribution in [-0.4, -0.2) is 35.4 Å². The molecule has 16 heavy (non-hydrogen) atoms. The van der Waals surface area contributed by atoms with Crippen LogP contribution in [0.3, 0.4) is 0 Å². The van der Waals surface area contributed by atoms with Crippen LogP contribution in [0, 0.1) is 11.6 Å². The van der Waals surface area contributed by atoms with Crippen molar-refractivity contribution < 1.29 is 13.6 Å². The van der Waals surface area contributed by atoms with Crippen LogP contribution in [0.25, 0.3) is 0 Å². The molecule has 1 aliphatic heterocycles. The Balaban J connectivity index is 2.12. The first-order chi connectivity index (χ1) is 7.58. The van der Waals surface area contributed by atoms with E-state index in [-0.39, 0.29) is 11.7 Å². The van der Waals surface area contributed by atoms with E-state index in [1.54, 1.807) is 11.9 Å². The van der Waals surface area contributed by atoms with E-state index in [2.05, 4.69) is 10.3 Å². The van der Waals surface area contributed by atoms with Crippen LogP contribution in [0.4, 0.5) is 14.6 Å². The number of halogens is 2. The van der Waals surface area contributed by atoms with Crippen LogP contribution in [0.1, 0.15) is 6.42 Å². The van der Waals surface area contributed by atoms with Gasteiger partial charge < -0.3 is 10.2 Å². The summed E-state index contributed by atoms with van der Waals surface area (Å²) in [7, 11) is 1.68. The van der Waals surface area contributed by atoms with Crippen LogP contribution in [0.15, 0.2) is 12.3 Å². The Morgan fingerprint density at radius 3 is 2.88 bits per heavy atom. The van der Waals surface area contributed by atoms with Crippen molar-refractivity contribution in [1.82, 2.24) is 9.88 Å². The lowest BCUT2D eigenvalue weighted by Gasteiger charge is -2.12. The normalized spacial score (nSPS) is 20.3. The van der Waals surface area contributed by atoms with Crippen molar-refractivity contribution in [3.05, 3.63) is 23.9 Å². The Hall–Kier alpha value is -1.72. The number of pyridine rings is 1. The third-order valence-corrected chi connectivity index (χ3v) is 2.55. The van der Waals surface area contributed by atoms with Gasteiger partial charge in [-0.1, -0.05) is 0 Å². The smallest absolute Gasteiger partial charge is 0.244 e. The van der Waals surface area contributed by atoms with Crippen LogP contribution in [0.2, 0.25) is 0 Å². The van der Waals surface area contributed by atoms with Gasteiger partial charge in [0.1, 0.15) is 11.9 Å². The van der Waals surface area contributed by atoms with Crippen LogP contribution >= 0.6 is 0 Å². The highest BCUT2D eigenvalue weighted by Gasteiger charge is 2.29. The van der Waals surface area contributed by atoms with Gasteiger partial charge in [0.15, 0.2) is 11.6 Å². The highest BCUT2D eigenvalue weighted by molar-refractivity contribution is 5.86. The molecule has 0 bridgehead atoms. The number of anilines is 1. The van der Waals surface area contributed by atoms with Gasteiger partial charge in [0.05, 0.1) is 6.20 Å². The van der Waals surface area contributed by atoms with E-state index in [0.717, 1.165) is 12.3 Å². The van der Waals surface area contributed by atoms with Crippen molar-refractivity contribution in [2.24, 2.45) is 0 Å². The molecule has 1 aliphatic rings. The maximum Gasteiger partial charge on any atom is 0.244 e. The summed E-state index contributed by atoms with van der Waals surface area (Å²) in [6.45, 7) is 0.624. The second kappa shape index (κ2) is 4.03. The molecule has 1 amide bonds. The molecule has 1 N–H and O–H groups in total. The number of likely N-dealkylation sites (N-methyl/N-ethyl adjacent to an activating group) is 1. The largest absolute Gasteiger partial charge is 0.356 e. The minimum Gasteiger partial charge on any atom is -0.356 e. The van der Waals surface area contributed by atoms with Gasteiger partial charge in [0.2, 0.25) is 5.91 Å². The molecule has 1 atom stereocenters. The number of aromatic nitrogens is 1. The van der Waals surface area contributed by atoms with Gasteiger partial charge in [-0.25, -0.2) is 13.8 Å². The first-order valence-electron chi connectivity index (χ1n) is 4.90. The maximum absolute atomic E-state index is 13.2. The molecule has 4 nitrogen and oxygen atoms in total. The topological polar surface area (TPSA) is 45.2 Å². The Bertz CT molecular complexity index is 425. The van der Waals surface area contributed by atoms with E-state index in [9.17, 15) is 13.6 Å². The van der Waals surface area contributed by atoms with Crippen molar-refractivity contribution in [1.29, 1.82) is 0 Å². The van der Waals surface area contributed by atoms with E-state index in [1.807, 2.05) is 0 Å². The second-order valence-corrected chi connectivity index (χ2v) is 3.73. The molecule has 1 aromatic heterocycles. The quantitative estimate of drug-likeness (QED) is 0.819. The molecule has 0 aromatic carbocycles. The molecule has 0 spiro atoms. The number of likely N-dealkylation sites (tertiary alicyclic amines) is 1. The zero-order valence-corrected chi connectivity index (χ0v) is 8.70. The zero-order chi connectivity index (χ0) is 11.7. The number of hydrogen-bond donors (Lipinski definition) is 1. The fourth-order valence-electron chi connectivity index (χ4n) is 1.64. The predicted molar refractivity (Wildman–Crippen MR) is 53.8 cm³/mol. The molecule has 86 valence electrons. The molecule has 0 saturated carbocycles. The maximum atomic E-state index is 13.2. The summed E-state index contributed by atoms with van der Waals surface area (Å²) in [6.07, 6.45) is 1.50. The molecule has 6 heteroatoms. The van der Waals surface area contributed by atoms with Gasteiger partial charge >= 0.3 is 0 Å². The average Bonchev–Trinajstić information content (AvgIpc) is 2.54. The SMILES string of the molecule is CN1CCC(Nc2ncc(F)cc2F)C1=O. The lowest BCUT2D eigenvalue weighted by Crippen LogP contribution is -2.31. The number of nitrogens with one attached hydrogen (secondary N) is 1. The predicted octanol–water partition coefficient (Wildman–Crippen LogP) is 1.00. The van der Waals surface area contributed by atoms with E-state index in [0.29, 0.717) is 13.0 Å². The van der Waals surface area contributed by atoms with E-state index in [1.165, 1.54) is 0 Å². The zero-order valence-electron chi connectivity index (χ0n) is 8.70. The van der Waals surface area contributed by atoms with Crippen molar-refractivity contribution in [2.75, 3.05) is 18.9 Å². The molecule has 0 aliphatic carbocycles. The first-order valence-corrected chi connectivity index (χ1v) is 4.90. The monoisotopic (exact) mass is 227 g/mol.